The summed E-state index contributed by atoms with van der Waals surface area (Å²) in [6, 6.07) is -0.911. The number of aromatic nitrogens is 2. The van der Waals surface area contributed by atoms with Gasteiger partial charge in [-0.15, -0.1) is 0 Å². The number of piperazine rings is 1. The molecule has 0 spiro atoms. The average molecular weight is 252 g/mol. The van der Waals surface area contributed by atoms with Crippen molar-refractivity contribution in [3.05, 3.63) is 12.2 Å². The predicted octanol–water partition coefficient (Wildman–Crippen LogP) is 0.0852. The van der Waals surface area contributed by atoms with Gasteiger partial charge in [0.25, 0.3) is 0 Å². The Kier molecular flexibility index (Phi) is 3.59. The lowest BCUT2D eigenvalue weighted by molar-refractivity contribution is -0.150. The first-order valence-corrected chi connectivity index (χ1v) is 6.03. The standard InChI is InChI=1S/C11H16N4O3/c1-3-7-11(17)15(5-9-12-6-18-14-9)8(4-2)10(16)13-7/h6-8H,3-5H2,1-2H3,(H,13,16). The third-order valence-corrected chi connectivity index (χ3v) is 3.09. The maximum absolute atomic E-state index is 12.2. The van der Waals surface area contributed by atoms with Crippen LogP contribution >= 0.6 is 0 Å². The lowest BCUT2D eigenvalue weighted by Gasteiger charge is -2.37. The van der Waals surface area contributed by atoms with Gasteiger partial charge >= 0.3 is 0 Å². The molecule has 98 valence electrons. The van der Waals surface area contributed by atoms with E-state index in [0.29, 0.717) is 18.7 Å². The topological polar surface area (TPSA) is 88.3 Å². The number of nitrogens with zero attached hydrogens (tertiary/aromatic N) is 3. The van der Waals surface area contributed by atoms with Crippen molar-refractivity contribution in [2.24, 2.45) is 0 Å². The molecule has 2 unspecified atom stereocenters. The molecule has 1 aliphatic rings. The quantitative estimate of drug-likeness (QED) is 0.820. The highest BCUT2D eigenvalue weighted by atomic mass is 16.5. The van der Waals surface area contributed by atoms with Crippen molar-refractivity contribution < 1.29 is 14.1 Å². The van der Waals surface area contributed by atoms with Crippen LogP contribution in [0, 0.1) is 0 Å². The van der Waals surface area contributed by atoms with Gasteiger partial charge < -0.3 is 14.7 Å². The molecule has 18 heavy (non-hydrogen) atoms. The van der Waals surface area contributed by atoms with Crippen LogP contribution in [-0.2, 0) is 16.1 Å². The highest BCUT2D eigenvalue weighted by Crippen LogP contribution is 2.16. The Balaban J connectivity index is 2.20. The zero-order chi connectivity index (χ0) is 13.1. The monoisotopic (exact) mass is 252 g/mol. The summed E-state index contributed by atoms with van der Waals surface area (Å²) in [5.41, 5.74) is 0. The van der Waals surface area contributed by atoms with E-state index < -0.39 is 12.1 Å². The van der Waals surface area contributed by atoms with Gasteiger partial charge in [0.2, 0.25) is 18.2 Å². The van der Waals surface area contributed by atoms with Gasteiger partial charge in [-0.05, 0) is 12.8 Å². The fourth-order valence-corrected chi connectivity index (χ4v) is 2.11. The van der Waals surface area contributed by atoms with E-state index in [0.717, 1.165) is 0 Å². The van der Waals surface area contributed by atoms with E-state index in [1.54, 1.807) is 0 Å². The molecular weight excluding hydrogens is 236 g/mol. The first-order valence-electron chi connectivity index (χ1n) is 6.03. The van der Waals surface area contributed by atoms with Crippen LogP contribution in [0.1, 0.15) is 32.5 Å². The molecule has 1 N–H and O–H groups in total. The SMILES string of the molecule is CCC1NC(=O)C(CC)N(Cc2ncon2)C1=O. The molecule has 1 aromatic heterocycles. The number of rotatable bonds is 4. The molecule has 0 aromatic carbocycles. The van der Waals surface area contributed by atoms with Crippen molar-refractivity contribution in [2.75, 3.05) is 0 Å². The predicted molar refractivity (Wildman–Crippen MR) is 61.1 cm³/mol. The lowest BCUT2D eigenvalue weighted by Crippen LogP contribution is -2.62. The van der Waals surface area contributed by atoms with Crippen LogP contribution in [0.5, 0.6) is 0 Å². The van der Waals surface area contributed by atoms with E-state index >= 15 is 0 Å². The third kappa shape index (κ3) is 2.20. The van der Waals surface area contributed by atoms with Crippen LogP contribution < -0.4 is 5.32 Å². The summed E-state index contributed by atoms with van der Waals surface area (Å²) < 4.78 is 4.64. The van der Waals surface area contributed by atoms with Crippen molar-refractivity contribution in [2.45, 2.75) is 45.3 Å². The average Bonchev–Trinajstić information content (AvgIpc) is 2.86. The molecule has 2 rings (SSSR count). The number of amides is 2. The summed E-state index contributed by atoms with van der Waals surface area (Å²) in [6.45, 7) is 3.94. The second-order valence-electron chi connectivity index (χ2n) is 4.21. The van der Waals surface area contributed by atoms with Gasteiger partial charge in [-0.2, -0.15) is 4.98 Å². The van der Waals surface area contributed by atoms with Gasteiger partial charge in [0.15, 0.2) is 5.82 Å². The van der Waals surface area contributed by atoms with Crippen LogP contribution in [0.15, 0.2) is 10.9 Å². The smallest absolute Gasteiger partial charge is 0.246 e. The van der Waals surface area contributed by atoms with E-state index in [-0.39, 0.29) is 18.4 Å². The Hall–Kier alpha value is -1.92. The van der Waals surface area contributed by atoms with Gasteiger partial charge in [-0.3, -0.25) is 9.59 Å². The van der Waals surface area contributed by atoms with Gasteiger partial charge in [0, 0.05) is 0 Å². The van der Waals surface area contributed by atoms with Gasteiger partial charge in [0.05, 0.1) is 6.54 Å². The maximum Gasteiger partial charge on any atom is 0.246 e. The minimum Gasteiger partial charge on any atom is -0.343 e. The fourth-order valence-electron chi connectivity index (χ4n) is 2.11. The molecule has 7 nitrogen and oxygen atoms in total. The minimum absolute atomic E-state index is 0.0891. The van der Waals surface area contributed by atoms with Crippen molar-refractivity contribution in [3.63, 3.8) is 0 Å². The number of nitrogens with one attached hydrogen (secondary N) is 1. The fraction of sp³-hybridized carbons (Fsp3) is 0.636. The van der Waals surface area contributed by atoms with Crippen LogP contribution in [0.4, 0.5) is 0 Å². The van der Waals surface area contributed by atoms with E-state index in [2.05, 4.69) is 20.0 Å². The first-order chi connectivity index (χ1) is 8.67. The lowest BCUT2D eigenvalue weighted by atomic mass is 10.0. The third-order valence-electron chi connectivity index (χ3n) is 3.09. The van der Waals surface area contributed by atoms with Crippen LogP contribution in [0.2, 0.25) is 0 Å². The number of carbonyl (C=O) groups is 2. The van der Waals surface area contributed by atoms with Gasteiger partial charge in [-0.25, -0.2) is 0 Å². The Labute approximate surface area is 105 Å². The largest absolute Gasteiger partial charge is 0.343 e. The van der Waals surface area contributed by atoms with Crippen molar-refractivity contribution >= 4 is 11.8 Å². The maximum atomic E-state index is 12.2. The van der Waals surface area contributed by atoms with Crippen LogP contribution in [0.25, 0.3) is 0 Å². The summed E-state index contributed by atoms with van der Waals surface area (Å²) in [4.78, 5) is 29.5. The van der Waals surface area contributed by atoms with Crippen LogP contribution in [-0.4, -0.2) is 38.9 Å². The van der Waals surface area contributed by atoms with E-state index in [4.69, 9.17) is 0 Å². The Morgan fingerprint density at radius 2 is 2.17 bits per heavy atom. The minimum atomic E-state index is -0.459. The highest BCUT2D eigenvalue weighted by molar-refractivity contribution is 5.96. The summed E-state index contributed by atoms with van der Waals surface area (Å²) in [7, 11) is 0. The van der Waals surface area contributed by atoms with Crippen molar-refractivity contribution in [1.82, 2.24) is 20.4 Å². The normalized spacial score (nSPS) is 24.2. The number of carbonyl (C=O) groups excluding carboxylic acids is 2. The Morgan fingerprint density at radius 3 is 2.72 bits per heavy atom. The van der Waals surface area contributed by atoms with Gasteiger partial charge in [-0.1, -0.05) is 19.0 Å². The molecule has 0 saturated carbocycles. The molecule has 1 saturated heterocycles. The molecule has 2 amide bonds. The Morgan fingerprint density at radius 1 is 1.39 bits per heavy atom. The Bertz CT molecular complexity index is 432. The molecule has 1 aromatic rings. The zero-order valence-electron chi connectivity index (χ0n) is 10.4. The second-order valence-corrected chi connectivity index (χ2v) is 4.21. The molecule has 1 aliphatic heterocycles. The van der Waals surface area contributed by atoms with E-state index in [9.17, 15) is 9.59 Å². The number of hydrogen-bond donors (Lipinski definition) is 1. The molecule has 0 bridgehead atoms. The van der Waals surface area contributed by atoms with E-state index in [1.807, 2.05) is 13.8 Å². The summed E-state index contributed by atoms with van der Waals surface area (Å²) in [5.74, 6) is 0.201. The highest BCUT2D eigenvalue weighted by Gasteiger charge is 2.39. The molecule has 2 heterocycles. The summed E-state index contributed by atoms with van der Waals surface area (Å²) in [6.07, 6.45) is 2.34. The van der Waals surface area contributed by atoms with E-state index in [1.165, 1.54) is 11.3 Å². The van der Waals surface area contributed by atoms with Crippen molar-refractivity contribution in [3.8, 4) is 0 Å². The van der Waals surface area contributed by atoms with Gasteiger partial charge in [0.1, 0.15) is 12.1 Å². The second kappa shape index (κ2) is 5.16. The number of hydrogen-bond acceptors (Lipinski definition) is 5. The van der Waals surface area contributed by atoms with Crippen molar-refractivity contribution in [1.29, 1.82) is 0 Å². The molecule has 0 aliphatic carbocycles. The zero-order valence-corrected chi connectivity index (χ0v) is 10.4. The molecule has 0 radical (unpaired) electrons. The van der Waals surface area contributed by atoms with Crippen LogP contribution in [0.3, 0.4) is 0 Å². The summed E-state index contributed by atoms with van der Waals surface area (Å²) in [5, 5.41) is 6.41. The molecule has 1 fully saturated rings. The first kappa shape index (κ1) is 12.5. The molecule has 2 atom stereocenters. The summed E-state index contributed by atoms with van der Waals surface area (Å²) >= 11 is 0. The molecule has 7 heteroatoms. The molecular formula is C11H16N4O3.